The number of para-hydroxylation sites is 2. The highest BCUT2D eigenvalue weighted by atomic mass is 32.2. The number of hydrogen-bond acceptors (Lipinski definition) is 6. The predicted molar refractivity (Wildman–Crippen MR) is 96.8 cm³/mol. The molecule has 0 aliphatic heterocycles. The molecule has 0 unspecified atom stereocenters. The molecule has 6 nitrogen and oxygen atoms in total. The van der Waals surface area contributed by atoms with E-state index < -0.39 is 5.91 Å². The molecule has 0 spiro atoms. The molecule has 3 aromatic rings. The van der Waals surface area contributed by atoms with Gasteiger partial charge < -0.3 is 5.73 Å². The Kier molecular flexibility index (Phi) is 4.97. The van der Waals surface area contributed by atoms with Crippen LogP contribution in [0.25, 0.3) is 10.2 Å². The molecule has 0 aliphatic rings. The number of thioether (sulfide) groups is 1. The molecule has 0 saturated heterocycles. The van der Waals surface area contributed by atoms with Crippen molar-refractivity contribution in [3.8, 4) is 0 Å². The summed E-state index contributed by atoms with van der Waals surface area (Å²) in [6.45, 7) is 0. The van der Waals surface area contributed by atoms with Crippen molar-refractivity contribution < 1.29 is 9.59 Å². The van der Waals surface area contributed by atoms with Crippen molar-refractivity contribution in [2.24, 2.45) is 0 Å². The summed E-state index contributed by atoms with van der Waals surface area (Å²) in [6.07, 6.45) is 0. The second-order valence-corrected chi connectivity index (χ2v) is 7.08. The highest BCUT2D eigenvalue weighted by Gasteiger charge is 2.11. The number of anilines is 1. The maximum absolute atomic E-state index is 11.9. The zero-order valence-electron chi connectivity index (χ0n) is 12.5. The fourth-order valence-electron chi connectivity index (χ4n) is 1.97. The summed E-state index contributed by atoms with van der Waals surface area (Å²) in [6, 6.07) is 14.4. The molecule has 0 fully saturated rings. The fourth-order valence-corrected chi connectivity index (χ4v) is 3.84. The first-order valence-corrected chi connectivity index (χ1v) is 8.86. The normalized spacial score (nSPS) is 10.5. The molecule has 0 atom stereocenters. The third-order valence-electron chi connectivity index (χ3n) is 3.12. The zero-order chi connectivity index (χ0) is 16.9. The number of nitrogen functional groups attached to an aromatic ring is 1. The first-order valence-electron chi connectivity index (χ1n) is 7.05. The van der Waals surface area contributed by atoms with E-state index in [1.165, 1.54) is 23.1 Å². The molecule has 0 radical (unpaired) electrons. The lowest BCUT2D eigenvalue weighted by Gasteiger charge is -2.08. The van der Waals surface area contributed by atoms with E-state index in [4.69, 9.17) is 5.73 Å². The summed E-state index contributed by atoms with van der Waals surface area (Å²) in [5.41, 5.74) is 12.0. The van der Waals surface area contributed by atoms with Gasteiger partial charge in [-0.05, 0) is 24.3 Å². The van der Waals surface area contributed by atoms with Gasteiger partial charge in [-0.15, -0.1) is 11.3 Å². The van der Waals surface area contributed by atoms with Crippen LogP contribution in [0.1, 0.15) is 10.4 Å². The Morgan fingerprint density at radius 1 is 1.08 bits per heavy atom. The molecular formula is C16H14N4O2S2. The number of carbonyl (C=O) groups is 2. The third-order valence-corrected chi connectivity index (χ3v) is 5.30. The topological polar surface area (TPSA) is 97.1 Å². The Balaban J connectivity index is 1.51. The average molecular weight is 358 g/mol. The first kappa shape index (κ1) is 16.3. The van der Waals surface area contributed by atoms with Gasteiger partial charge in [0.15, 0.2) is 4.34 Å². The van der Waals surface area contributed by atoms with Crippen LogP contribution in [0.2, 0.25) is 0 Å². The van der Waals surface area contributed by atoms with Crippen molar-refractivity contribution >= 4 is 50.8 Å². The van der Waals surface area contributed by atoms with E-state index in [2.05, 4.69) is 15.8 Å². The first-order chi connectivity index (χ1) is 11.6. The van der Waals surface area contributed by atoms with Crippen LogP contribution in [-0.4, -0.2) is 22.6 Å². The molecule has 3 rings (SSSR count). The van der Waals surface area contributed by atoms with Gasteiger partial charge in [0.05, 0.1) is 21.5 Å². The maximum atomic E-state index is 11.9. The van der Waals surface area contributed by atoms with Crippen molar-refractivity contribution in [1.82, 2.24) is 15.8 Å². The molecule has 1 aromatic heterocycles. The number of benzene rings is 2. The number of hydrazine groups is 1. The summed E-state index contributed by atoms with van der Waals surface area (Å²) >= 11 is 2.85. The van der Waals surface area contributed by atoms with E-state index in [1.54, 1.807) is 24.3 Å². The van der Waals surface area contributed by atoms with E-state index >= 15 is 0 Å². The van der Waals surface area contributed by atoms with Gasteiger partial charge in [-0.1, -0.05) is 36.0 Å². The molecule has 0 saturated carbocycles. The fraction of sp³-hybridized carbons (Fsp3) is 0.0625. The zero-order valence-corrected chi connectivity index (χ0v) is 14.1. The van der Waals surface area contributed by atoms with Crippen LogP contribution in [0, 0.1) is 0 Å². The van der Waals surface area contributed by atoms with Gasteiger partial charge in [0.1, 0.15) is 0 Å². The minimum Gasteiger partial charge on any atom is -0.398 e. The van der Waals surface area contributed by atoms with E-state index in [9.17, 15) is 9.59 Å². The number of amides is 2. The lowest BCUT2D eigenvalue weighted by Crippen LogP contribution is -2.42. The standard InChI is InChI=1S/C16H14N4O2S2/c17-11-6-2-1-5-10(11)15(22)20-19-14(21)9-23-16-18-12-7-3-4-8-13(12)24-16/h1-8H,9,17H2,(H,19,21)(H,20,22). The quantitative estimate of drug-likeness (QED) is 0.378. The van der Waals surface area contributed by atoms with E-state index in [1.807, 2.05) is 24.3 Å². The number of nitrogens with two attached hydrogens (primary N) is 1. The number of rotatable bonds is 4. The van der Waals surface area contributed by atoms with Gasteiger partial charge in [-0.3, -0.25) is 20.4 Å². The second kappa shape index (κ2) is 7.33. The van der Waals surface area contributed by atoms with Crippen molar-refractivity contribution in [1.29, 1.82) is 0 Å². The molecule has 1 heterocycles. The van der Waals surface area contributed by atoms with Crippen LogP contribution >= 0.6 is 23.1 Å². The Labute approximate surface area is 146 Å². The van der Waals surface area contributed by atoms with E-state index in [0.717, 1.165) is 14.6 Å². The molecule has 8 heteroatoms. The van der Waals surface area contributed by atoms with Gasteiger partial charge in [-0.2, -0.15) is 0 Å². The van der Waals surface area contributed by atoms with Crippen LogP contribution in [-0.2, 0) is 4.79 Å². The minimum atomic E-state index is -0.452. The summed E-state index contributed by atoms with van der Waals surface area (Å²) in [5.74, 6) is -0.613. The number of carbonyl (C=O) groups excluding carboxylic acids is 2. The lowest BCUT2D eigenvalue weighted by atomic mass is 10.2. The van der Waals surface area contributed by atoms with Crippen molar-refractivity contribution in [3.05, 3.63) is 54.1 Å². The molecule has 0 bridgehead atoms. The molecule has 0 aliphatic carbocycles. The third kappa shape index (κ3) is 3.84. The predicted octanol–water partition coefficient (Wildman–Crippen LogP) is 2.43. The summed E-state index contributed by atoms with van der Waals surface area (Å²) in [5, 5.41) is 0. The van der Waals surface area contributed by atoms with Gasteiger partial charge in [0.25, 0.3) is 5.91 Å². The monoisotopic (exact) mass is 358 g/mol. The largest absolute Gasteiger partial charge is 0.398 e. The Bertz CT molecular complexity index is 861. The number of nitrogens with zero attached hydrogens (tertiary/aromatic N) is 1. The highest BCUT2D eigenvalue weighted by molar-refractivity contribution is 8.01. The van der Waals surface area contributed by atoms with Gasteiger partial charge >= 0.3 is 0 Å². The van der Waals surface area contributed by atoms with E-state index in [-0.39, 0.29) is 11.7 Å². The SMILES string of the molecule is Nc1ccccc1C(=O)NNC(=O)CSc1nc2ccccc2s1. The smallest absolute Gasteiger partial charge is 0.271 e. The number of thiazole rings is 1. The van der Waals surface area contributed by atoms with Crippen LogP contribution in [0.4, 0.5) is 5.69 Å². The summed E-state index contributed by atoms with van der Waals surface area (Å²) in [4.78, 5) is 28.2. The highest BCUT2D eigenvalue weighted by Crippen LogP contribution is 2.28. The molecule has 4 N–H and O–H groups in total. The molecule has 122 valence electrons. The number of nitrogens with one attached hydrogen (secondary N) is 2. The molecule has 2 amide bonds. The van der Waals surface area contributed by atoms with Crippen molar-refractivity contribution in [2.75, 3.05) is 11.5 Å². The molecule has 24 heavy (non-hydrogen) atoms. The number of hydrogen-bond donors (Lipinski definition) is 3. The van der Waals surface area contributed by atoms with Gasteiger partial charge in [0, 0.05) is 5.69 Å². The minimum absolute atomic E-state index is 0.157. The second-order valence-electron chi connectivity index (χ2n) is 4.83. The maximum Gasteiger partial charge on any atom is 0.271 e. The van der Waals surface area contributed by atoms with Crippen LogP contribution < -0.4 is 16.6 Å². The molecule has 2 aromatic carbocycles. The Hall–Kier alpha value is -2.58. The van der Waals surface area contributed by atoms with Crippen LogP contribution in [0.3, 0.4) is 0 Å². The number of fused-ring (bicyclic) bond motifs is 1. The molecular weight excluding hydrogens is 344 g/mol. The average Bonchev–Trinajstić information content (AvgIpc) is 3.01. The Morgan fingerprint density at radius 3 is 2.62 bits per heavy atom. The van der Waals surface area contributed by atoms with Gasteiger partial charge in [-0.25, -0.2) is 4.98 Å². The van der Waals surface area contributed by atoms with Crippen LogP contribution in [0.5, 0.6) is 0 Å². The van der Waals surface area contributed by atoms with Gasteiger partial charge in [0.2, 0.25) is 5.91 Å². The van der Waals surface area contributed by atoms with Crippen molar-refractivity contribution in [2.45, 2.75) is 4.34 Å². The van der Waals surface area contributed by atoms with Crippen LogP contribution in [0.15, 0.2) is 52.9 Å². The summed E-state index contributed by atoms with van der Waals surface area (Å²) in [7, 11) is 0. The number of aromatic nitrogens is 1. The Morgan fingerprint density at radius 2 is 1.83 bits per heavy atom. The lowest BCUT2D eigenvalue weighted by molar-refractivity contribution is -0.119. The summed E-state index contributed by atoms with van der Waals surface area (Å²) < 4.78 is 1.89. The van der Waals surface area contributed by atoms with Crippen molar-refractivity contribution in [3.63, 3.8) is 0 Å². The van der Waals surface area contributed by atoms with E-state index in [0.29, 0.717) is 11.3 Å².